The number of nitrogens with zero attached hydrogens (tertiary/aromatic N) is 1. The highest BCUT2D eigenvalue weighted by Crippen LogP contribution is 2.25. The van der Waals surface area contributed by atoms with Gasteiger partial charge in [-0.15, -0.1) is 0 Å². The van der Waals surface area contributed by atoms with Crippen molar-refractivity contribution in [2.24, 2.45) is 0 Å². The molecule has 0 aliphatic heterocycles. The molecule has 2 aromatic rings. The zero-order valence-electron chi connectivity index (χ0n) is 13.6. The number of carbonyl (C=O) groups is 1. The molecule has 2 aromatic carbocycles. The lowest BCUT2D eigenvalue weighted by Gasteiger charge is -2.17. The number of amides is 1. The highest BCUT2D eigenvalue weighted by molar-refractivity contribution is 9.11. The van der Waals surface area contributed by atoms with E-state index in [1.54, 1.807) is 24.1 Å². The van der Waals surface area contributed by atoms with Crippen LogP contribution in [0.15, 0.2) is 62.4 Å². The van der Waals surface area contributed by atoms with Crippen molar-refractivity contribution >= 4 is 47.8 Å². The van der Waals surface area contributed by atoms with E-state index in [9.17, 15) is 13.2 Å². The molecule has 25 heavy (non-hydrogen) atoms. The fraction of sp³-hybridized carbons (Fsp3) is 0.235. The lowest BCUT2D eigenvalue weighted by molar-refractivity contribution is -0.130. The van der Waals surface area contributed by atoms with Crippen LogP contribution in [0, 0.1) is 0 Å². The number of benzene rings is 2. The van der Waals surface area contributed by atoms with Crippen LogP contribution >= 0.6 is 31.9 Å². The van der Waals surface area contributed by atoms with Gasteiger partial charge < -0.3 is 4.90 Å². The predicted octanol–water partition coefficient (Wildman–Crippen LogP) is 3.54. The molecule has 0 saturated heterocycles. The first kappa shape index (κ1) is 20.1. The Morgan fingerprint density at radius 1 is 1.12 bits per heavy atom. The number of carbonyl (C=O) groups excluding carboxylic acids is 1. The molecule has 8 heteroatoms. The van der Waals surface area contributed by atoms with E-state index in [-0.39, 0.29) is 23.8 Å². The minimum atomic E-state index is -3.69. The van der Waals surface area contributed by atoms with Crippen LogP contribution in [0.4, 0.5) is 0 Å². The van der Waals surface area contributed by atoms with Crippen LogP contribution in [-0.4, -0.2) is 32.8 Å². The Labute approximate surface area is 164 Å². The lowest BCUT2D eigenvalue weighted by atomic mass is 10.2. The number of hydrogen-bond acceptors (Lipinski definition) is 3. The first-order chi connectivity index (χ1) is 11.8. The molecule has 1 N–H and O–H groups in total. The van der Waals surface area contributed by atoms with E-state index in [0.29, 0.717) is 15.5 Å². The minimum Gasteiger partial charge on any atom is -0.341 e. The van der Waals surface area contributed by atoms with Crippen LogP contribution < -0.4 is 4.72 Å². The average Bonchev–Trinajstić information content (AvgIpc) is 2.57. The summed E-state index contributed by atoms with van der Waals surface area (Å²) in [5.74, 6) is -0.125. The summed E-state index contributed by atoms with van der Waals surface area (Å²) in [6.07, 6.45) is 0.0915. The number of hydrogen-bond donors (Lipinski definition) is 1. The van der Waals surface area contributed by atoms with Gasteiger partial charge in [-0.2, -0.15) is 0 Å². The SMILES string of the molecule is CN(Cc1ccccc1)C(=O)CCNS(=O)(=O)c1cc(Br)ccc1Br. The van der Waals surface area contributed by atoms with Gasteiger partial charge in [-0.25, -0.2) is 13.1 Å². The molecule has 0 radical (unpaired) electrons. The van der Waals surface area contributed by atoms with Gasteiger partial charge in [0, 0.05) is 35.5 Å². The Hall–Kier alpha value is -1.22. The summed E-state index contributed by atoms with van der Waals surface area (Å²) < 4.78 is 28.3. The summed E-state index contributed by atoms with van der Waals surface area (Å²) in [4.78, 5) is 13.9. The third kappa shape index (κ3) is 5.91. The maximum absolute atomic E-state index is 12.4. The van der Waals surface area contributed by atoms with Crippen molar-refractivity contribution in [1.29, 1.82) is 0 Å². The monoisotopic (exact) mass is 488 g/mol. The van der Waals surface area contributed by atoms with Crippen molar-refractivity contribution in [3.8, 4) is 0 Å². The van der Waals surface area contributed by atoms with Crippen LogP contribution in [0.3, 0.4) is 0 Å². The van der Waals surface area contributed by atoms with Crippen molar-refractivity contribution in [3.63, 3.8) is 0 Å². The summed E-state index contributed by atoms with van der Waals surface area (Å²) in [5.41, 5.74) is 1.02. The number of sulfonamides is 1. The van der Waals surface area contributed by atoms with Gasteiger partial charge in [0.1, 0.15) is 0 Å². The fourth-order valence-corrected chi connectivity index (χ4v) is 4.72. The van der Waals surface area contributed by atoms with Crippen molar-refractivity contribution in [2.75, 3.05) is 13.6 Å². The molecular formula is C17H18Br2N2O3S. The van der Waals surface area contributed by atoms with Crippen molar-refractivity contribution in [1.82, 2.24) is 9.62 Å². The molecule has 0 atom stereocenters. The molecule has 0 heterocycles. The molecule has 0 bridgehead atoms. The van der Waals surface area contributed by atoms with Gasteiger partial charge in [-0.05, 0) is 39.7 Å². The summed E-state index contributed by atoms with van der Waals surface area (Å²) in [5, 5.41) is 0. The summed E-state index contributed by atoms with van der Waals surface area (Å²) in [7, 11) is -1.99. The van der Waals surface area contributed by atoms with Crippen LogP contribution in [0.25, 0.3) is 0 Å². The molecule has 134 valence electrons. The first-order valence-electron chi connectivity index (χ1n) is 7.52. The van der Waals surface area contributed by atoms with E-state index < -0.39 is 10.0 Å². The molecule has 1 amide bonds. The van der Waals surface area contributed by atoms with Gasteiger partial charge in [0.2, 0.25) is 15.9 Å². The van der Waals surface area contributed by atoms with E-state index in [2.05, 4.69) is 36.6 Å². The minimum absolute atomic E-state index is 0.0409. The predicted molar refractivity (Wildman–Crippen MR) is 105 cm³/mol. The molecule has 0 spiro atoms. The van der Waals surface area contributed by atoms with Crippen molar-refractivity contribution in [3.05, 3.63) is 63.0 Å². The Morgan fingerprint density at radius 2 is 1.80 bits per heavy atom. The standard InChI is InChI=1S/C17H18Br2N2O3S/c1-21(12-13-5-3-2-4-6-13)17(22)9-10-20-25(23,24)16-11-14(18)7-8-15(16)19/h2-8,11,20H,9-10,12H2,1H3. The Kier molecular flexibility index (Phi) is 7.18. The normalized spacial score (nSPS) is 11.3. The van der Waals surface area contributed by atoms with Crippen molar-refractivity contribution < 1.29 is 13.2 Å². The smallest absolute Gasteiger partial charge is 0.241 e. The highest BCUT2D eigenvalue weighted by Gasteiger charge is 2.18. The molecular weight excluding hydrogens is 472 g/mol. The number of halogens is 2. The molecule has 0 unspecified atom stereocenters. The molecule has 0 aromatic heterocycles. The number of rotatable bonds is 7. The number of nitrogens with one attached hydrogen (secondary N) is 1. The fourth-order valence-electron chi connectivity index (χ4n) is 2.19. The van der Waals surface area contributed by atoms with Crippen molar-refractivity contribution in [2.45, 2.75) is 17.9 Å². The second-order valence-corrected chi connectivity index (χ2v) is 8.96. The van der Waals surface area contributed by atoms with Crippen LogP contribution in [0.5, 0.6) is 0 Å². The van der Waals surface area contributed by atoms with E-state index in [1.807, 2.05) is 30.3 Å². The molecule has 0 aliphatic carbocycles. The topological polar surface area (TPSA) is 66.5 Å². The second kappa shape index (κ2) is 8.93. The summed E-state index contributed by atoms with van der Waals surface area (Å²) in [6.45, 7) is 0.531. The van der Waals surface area contributed by atoms with E-state index in [0.717, 1.165) is 5.56 Å². The maximum atomic E-state index is 12.4. The quantitative estimate of drug-likeness (QED) is 0.646. The van der Waals surface area contributed by atoms with Gasteiger partial charge in [-0.3, -0.25) is 4.79 Å². The first-order valence-corrected chi connectivity index (χ1v) is 10.6. The Bertz CT molecular complexity index is 842. The van der Waals surface area contributed by atoms with Gasteiger partial charge in [0.05, 0.1) is 4.90 Å². The van der Waals surface area contributed by atoms with E-state index in [4.69, 9.17) is 0 Å². The Balaban J connectivity index is 1.90. The molecule has 0 aliphatic rings. The molecule has 5 nitrogen and oxygen atoms in total. The van der Waals surface area contributed by atoms with Crippen LogP contribution in [0.1, 0.15) is 12.0 Å². The van der Waals surface area contributed by atoms with Gasteiger partial charge in [0.15, 0.2) is 0 Å². The van der Waals surface area contributed by atoms with Crippen LogP contribution in [-0.2, 0) is 21.4 Å². The zero-order valence-corrected chi connectivity index (χ0v) is 17.6. The third-order valence-electron chi connectivity index (χ3n) is 3.50. The van der Waals surface area contributed by atoms with Crippen LogP contribution in [0.2, 0.25) is 0 Å². The lowest BCUT2D eigenvalue weighted by Crippen LogP contribution is -2.32. The van der Waals surface area contributed by atoms with Gasteiger partial charge in [0.25, 0.3) is 0 Å². The van der Waals surface area contributed by atoms with E-state index >= 15 is 0 Å². The third-order valence-corrected chi connectivity index (χ3v) is 6.45. The summed E-state index contributed by atoms with van der Waals surface area (Å²) in [6, 6.07) is 14.5. The highest BCUT2D eigenvalue weighted by atomic mass is 79.9. The summed E-state index contributed by atoms with van der Waals surface area (Å²) >= 11 is 6.49. The maximum Gasteiger partial charge on any atom is 0.241 e. The molecule has 2 rings (SSSR count). The van der Waals surface area contributed by atoms with Gasteiger partial charge >= 0.3 is 0 Å². The zero-order chi connectivity index (χ0) is 18.4. The largest absolute Gasteiger partial charge is 0.341 e. The van der Waals surface area contributed by atoms with E-state index in [1.165, 1.54) is 6.07 Å². The molecule has 0 fully saturated rings. The molecule has 0 saturated carbocycles. The Morgan fingerprint density at radius 3 is 2.48 bits per heavy atom. The average molecular weight is 490 g/mol. The van der Waals surface area contributed by atoms with Gasteiger partial charge in [-0.1, -0.05) is 46.3 Å². The second-order valence-electron chi connectivity index (χ2n) is 5.46.